The fourth-order valence-corrected chi connectivity index (χ4v) is 2.62. The van der Waals surface area contributed by atoms with E-state index in [1.807, 2.05) is 50.5 Å². The van der Waals surface area contributed by atoms with Gasteiger partial charge in [-0.2, -0.15) is 0 Å². The molecule has 0 saturated heterocycles. The Morgan fingerprint density at radius 1 is 0.923 bits per heavy atom. The quantitative estimate of drug-likeness (QED) is 0.726. The van der Waals surface area contributed by atoms with Crippen LogP contribution in [0.1, 0.15) is 22.3 Å². The summed E-state index contributed by atoms with van der Waals surface area (Å²) in [6.07, 6.45) is 1.14. The van der Waals surface area contributed by atoms with Crippen LogP contribution in [0, 0.1) is 0 Å². The molecule has 5 nitrogen and oxygen atoms in total. The Labute approximate surface area is 155 Å². The zero-order valence-electron chi connectivity index (χ0n) is 15.4. The van der Waals surface area contributed by atoms with Gasteiger partial charge in [0.05, 0.1) is 0 Å². The van der Waals surface area contributed by atoms with Gasteiger partial charge >= 0.3 is 0 Å². The number of amides is 2. The van der Waals surface area contributed by atoms with Crippen LogP contribution in [0.5, 0.6) is 0 Å². The molecule has 0 fully saturated rings. The van der Waals surface area contributed by atoms with Crippen LogP contribution in [-0.4, -0.2) is 49.9 Å². The topological polar surface area (TPSA) is 61.4 Å². The molecule has 0 aromatic heterocycles. The van der Waals surface area contributed by atoms with Crippen molar-refractivity contribution in [2.75, 3.05) is 27.2 Å². The minimum absolute atomic E-state index is 0.0572. The number of nitrogens with one attached hydrogen (secondary N) is 2. The average molecular weight is 353 g/mol. The summed E-state index contributed by atoms with van der Waals surface area (Å²) in [4.78, 5) is 26.1. The van der Waals surface area contributed by atoms with Crippen molar-refractivity contribution >= 4 is 11.8 Å². The molecule has 0 bridgehead atoms. The fraction of sp³-hybridized carbons (Fsp3) is 0.333. The molecule has 138 valence electrons. The molecule has 0 aliphatic carbocycles. The van der Waals surface area contributed by atoms with Gasteiger partial charge in [-0.15, -0.1) is 0 Å². The highest BCUT2D eigenvalue weighted by Gasteiger charge is 2.14. The third-order valence-corrected chi connectivity index (χ3v) is 4.25. The van der Waals surface area contributed by atoms with Gasteiger partial charge in [-0.3, -0.25) is 9.59 Å². The van der Waals surface area contributed by atoms with Gasteiger partial charge in [0.25, 0.3) is 5.91 Å². The summed E-state index contributed by atoms with van der Waals surface area (Å²) in [5, 5.41) is 5.74. The van der Waals surface area contributed by atoms with E-state index in [0.717, 1.165) is 6.42 Å². The molecule has 26 heavy (non-hydrogen) atoms. The minimum atomic E-state index is -0.159. The van der Waals surface area contributed by atoms with E-state index < -0.39 is 0 Å². The van der Waals surface area contributed by atoms with Crippen molar-refractivity contribution in [1.82, 2.24) is 15.5 Å². The molecule has 0 radical (unpaired) electrons. The van der Waals surface area contributed by atoms with Crippen molar-refractivity contribution in [1.29, 1.82) is 0 Å². The van der Waals surface area contributed by atoms with E-state index in [0.29, 0.717) is 18.7 Å². The normalized spacial score (nSPS) is 11.8. The maximum Gasteiger partial charge on any atom is 0.251 e. The number of hydrogen-bond donors (Lipinski definition) is 2. The van der Waals surface area contributed by atoms with Crippen LogP contribution in [0.25, 0.3) is 0 Å². The Balaban J connectivity index is 1.71. The van der Waals surface area contributed by atoms with Crippen molar-refractivity contribution in [3.63, 3.8) is 0 Å². The van der Waals surface area contributed by atoms with Gasteiger partial charge in [-0.25, -0.2) is 0 Å². The van der Waals surface area contributed by atoms with E-state index in [2.05, 4.69) is 27.7 Å². The third kappa shape index (κ3) is 6.69. The van der Waals surface area contributed by atoms with Gasteiger partial charge in [-0.05, 0) is 38.2 Å². The molecule has 2 N–H and O–H groups in total. The van der Waals surface area contributed by atoms with Gasteiger partial charge in [0.1, 0.15) is 0 Å². The van der Waals surface area contributed by atoms with Crippen LogP contribution in [0.3, 0.4) is 0 Å². The molecule has 2 aromatic rings. The Morgan fingerprint density at radius 2 is 1.54 bits per heavy atom. The van der Waals surface area contributed by atoms with Crippen LogP contribution in [-0.2, 0) is 11.2 Å². The summed E-state index contributed by atoms with van der Waals surface area (Å²) >= 11 is 0. The predicted molar refractivity (Wildman–Crippen MR) is 104 cm³/mol. The zero-order chi connectivity index (χ0) is 18.8. The van der Waals surface area contributed by atoms with E-state index >= 15 is 0 Å². The first-order valence-electron chi connectivity index (χ1n) is 8.86. The van der Waals surface area contributed by atoms with E-state index in [1.165, 1.54) is 5.56 Å². The maximum absolute atomic E-state index is 12.1. The first kappa shape index (κ1) is 19.7. The van der Waals surface area contributed by atoms with Crippen LogP contribution in [0.2, 0.25) is 0 Å². The Bertz CT molecular complexity index is 687. The van der Waals surface area contributed by atoms with E-state index in [-0.39, 0.29) is 24.3 Å². The summed E-state index contributed by atoms with van der Waals surface area (Å²) < 4.78 is 0. The number of rotatable bonds is 9. The first-order valence-corrected chi connectivity index (χ1v) is 8.86. The Kier molecular flexibility index (Phi) is 7.83. The highest BCUT2D eigenvalue weighted by molar-refractivity contribution is 5.94. The van der Waals surface area contributed by atoms with E-state index in [9.17, 15) is 9.59 Å². The lowest BCUT2D eigenvalue weighted by Gasteiger charge is -2.24. The molecular formula is C21H27N3O2. The molecule has 2 aromatic carbocycles. The maximum atomic E-state index is 12.1. The van der Waals surface area contributed by atoms with Crippen molar-refractivity contribution in [3.8, 4) is 0 Å². The van der Waals surface area contributed by atoms with Gasteiger partial charge < -0.3 is 15.5 Å². The molecule has 2 amide bonds. The summed E-state index contributed by atoms with van der Waals surface area (Å²) in [5.41, 5.74) is 1.85. The van der Waals surface area contributed by atoms with Gasteiger partial charge in [-0.1, -0.05) is 48.5 Å². The largest absolute Gasteiger partial charge is 0.354 e. The third-order valence-electron chi connectivity index (χ3n) is 4.25. The molecule has 5 heteroatoms. The van der Waals surface area contributed by atoms with Crippen LogP contribution < -0.4 is 10.6 Å². The van der Waals surface area contributed by atoms with E-state index in [4.69, 9.17) is 0 Å². The molecule has 0 heterocycles. The van der Waals surface area contributed by atoms with E-state index in [1.54, 1.807) is 12.1 Å². The average Bonchev–Trinajstić information content (AvgIpc) is 2.66. The highest BCUT2D eigenvalue weighted by Crippen LogP contribution is 2.06. The molecule has 0 spiro atoms. The van der Waals surface area contributed by atoms with Crippen molar-refractivity contribution in [2.45, 2.75) is 18.9 Å². The van der Waals surface area contributed by atoms with Gasteiger partial charge in [0.15, 0.2) is 0 Å². The SMILES string of the molecule is CN(C)C(CNC(=O)CCNC(=O)c1ccccc1)Cc1ccccc1. The summed E-state index contributed by atoms with van der Waals surface area (Å²) in [7, 11) is 4.03. The lowest BCUT2D eigenvalue weighted by molar-refractivity contribution is -0.121. The summed E-state index contributed by atoms with van der Waals surface area (Å²) in [6, 6.07) is 19.5. The first-order chi connectivity index (χ1) is 12.6. The van der Waals surface area contributed by atoms with Crippen molar-refractivity contribution < 1.29 is 9.59 Å². The molecule has 1 atom stereocenters. The Morgan fingerprint density at radius 3 is 2.15 bits per heavy atom. The second-order valence-electron chi connectivity index (χ2n) is 6.48. The number of nitrogens with zero attached hydrogens (tertiary/aromatic N) is 1. The lowest BCUT2D eigenvalue weighted by Crippen LogP contribution is -2.42. The van der Waals surface area contributed by atoms with Crippen LogP contribution in [0.4, 0.5) is 0 Å². The standard InChI is InChI=1S/C21H27N3O2/c1-24(2)19(15-17-9-5-3-6-10-17)16-23-20(25)13-14-22-21(26)18-11-7-4-8-12-18/h3-12,19H,13-16H2,1-2H3,(H,22,26)(H,23,25). The second-order valence-corrected chi connectivity index (χ2v) is 6.48. The molecule has 0 aliphatic heterocycles. The smallest absolute Gasteiger partial charge is 0.251 e. The molecule has 1 unspecified atom stereocenters. The fourth-order valence-electron chi connectivity index (χ4n) is 2.62. The molecular weight excluding hydrogens is 326 g/mol. The minimum Gasteiger partial charge on any atom is -0.354 e. The molecule has 2 rings (SSSR count). The van der Waals surface area contributed by atoms with Crippen LogP contribution >= 0.6 is 0 Å². The second kappa shape index (κ2) is 10.4. The Hall–Kier alpha value is -2.66. The number of carbonyl (C=O) groups is 2. The van der Waals surface area contributed by atoms with Gasteiger partial charge in [0.2, 0.25) is 5.91 Å². The monoisotopic (exact) mass is 353 g/mol. The summed E-state index contributed by atoms with van der Waals surface area (Å²) in [6.45, 7) is 0.901. The molecule has 0 aliphatic rings. The highest BCUT2D eigenvalue weighted by atomic mass is 16.2. The van der Waals surface area contributed by atoms with Crippen LogP contribution in [0.15, 0.2) is 60.7 Å². The summed E-state index contributed by atoms with van der Waals surface area (Å²) in [5.74, 6) is -0.216. The predicted octanol–water partition coefficient (Wildman–Crippen LogP) is 2.10. The van der Waals surface area contributed by atoms with Gasteiger partial charge in [0, 0.05) is 31.1 Å². The molecule has 0 saturated carbocycles. The van der Waals surface area contributed by atoms with Crippen molar-refractivity contribution in [2.24, 2.45) is 0 Å². The lowest BCUT2D eigenvalue weighted by atomic mass is 10.1. The number of hydrogen-bond acceptors (Lipinski definition) is 3. The number of likely N-dealkylation sites (N-methyl/N-ethyl adjacent to an activating group) is 1. The zero-order valence-corrected chi connectivity index (χ0v) is 15.4. The number of benzene rings is 2. The van der Waals surface area contributed by atoms with Crippen molar-refractivity contribution in [3.05, 3.63) is 71.8 Å². The number of carbonyl (C=O) groups excluding carboxylic acids is 2.